The van der Waals surface area contributed by atoms with Crippen molar-refractivity contribution in [2.75, 3.05) is 12.8 Å². The number of nitrogens with one attached hydrogen (secondary N) is 1. The number of hydrogen-bond acceptors (Lipinski definition) is 4. The largest absolute Gasteiger partial charge is 0.497 e. The molecule has 0 aliphatic heterocycles. The Labute approximate surface area is 116 Å². The minimum atomic E-state index is -0.105. The Morgan fingerprint density at radius 2 is 2.26 bits per heavy atom. The summed E-state index contributed by atoms with van der Waals surface area (Å²) in [6, 6.07) is 5.78. The number of ether oxygens (including phenoxy) is 1. The van der Waals surface area contributed by atoms with E-state index in [1.165, 1.54) is 11.3 Å². The molecule has 0 bridgehead atoms. The van der Waals surface area contributed by atoms with Gasteiger partial charge in [0.05, 0.1) is 12.8 Å². The fourth-order valence-corrected chi connectivity index (χ4v) is 2.84. The molecule has 1 aromatic carbocycles. The average molecular weight is 278 g/mol. The number of thiophene rings is 1. The fraction of sp³-hybridized carbons (Fsp3) is 0.357. The summed E-state index contributed by atoms with van der Waals surface area (Å²) in [7, 11) is 1.62. The maximum atomic E-state index is 12.1. The average Bonchev–Trinajstić information content (AvgIpc) is 2.75. The molecule has 0 saturated carbocycles. The molecular formula is C14H18N2O2S. The first-order chi connectivity index (χ1) is 9.06. The van der Waals surface area contributed by atoms with E-state index in [0.717, 1.165) is 22.3 Å². The van der Waals surface area contributed by atoms with Crippen LogP contribution in [-0.2, 0) is 0 Å². The third kappa shape index (κ3) is 2.66. The maximum Gasteiger partial charge on any atom is 0.263 e. The molecule has 5 heteroatoms. The third-order valence-electron chi connectivity index (χ3n) is 3.13. The highest BCUT2D eigenvalue weighted by Gasteiger charge is 2.17. The van der Waals surface area contributed by atoms with Crippen LogP contribution in [0.1, 0.15) is 29.9 Å². The molecule has 0 radical (unpaired) electrons. The van der Waals surface area contributed by atoms with Crippen molar-refractivity contribution in [1.82, 2.24) is 5.32 Å². The normalized spacial score (nSPS) is 12.4. The number of hydrogen-bond donors (Lipinski definition) is 2. The van der Waals surface area contributed by atoms with Crippen LogP contribution in [0.3, 0.4) is 0 Å². The summed E-state index contributed by atoms with van der Waals surface area (Å²) in [5.41, 5.74) is 6.60. The molecule has 102 valence electrons. The number of amides is 1. The minimum Gasteiger partial charge on any atom is -0.497 e. The summed E-state index contributed by atoms with van der Waals surface area (Å²) in [6.07, 6.45) is 0.893. The summed E-state index contributed by atoms with van der Waals surface area (Å²) >= 11 is 1.40. The lowest BCUT2D eigenvalue weighted by Gasteiger charge is -2.10. The van der Waals surface area contributed by atoms with Gasteiger partial charge < -0.3 is 15.8 Å². The highest BCUT2D eigenvalue weighted by atomic mass is 32.1. The van der Waals surface area contributed by atoms with E-state index in [0.29, 0.717) is 10.6 Å². The van der Waals surface area contributed by atoms with Crippen molar-refractivity contribution in [1.29, 1.82) is 0 Å². The summed E-state index contributed by atoms with van der Waals surface area (Å²) in [5.74, 6) is 0.662. The Bertz CT molecular complexity index is 607. The van der Waals surface area contributed by atoms with Crippen molar-refractivity contribution >= 4 is 33.0 Å². The molecule has 2 rings (SSSR count). The van der Waals surface area contributed by atoms with Crippen molar-refractivity contribution in [3.63, 3.8) is 0 Å². The first kappa shape index (κ1) is 13.7. The molecule has 0 spiro atoms. The first-order valence-corrected chi connectivity index (χ1v) is 7.05. The Hall–Kier alpha value is -1.75. The summed E-state index contributed by atoms with van der Waals surface area (Å²) < 4.78 is 6.14. The molecule has 1 unspecified atom stereocenters. The topological polar surface area (TPSA) is 64.3 Å². The van der Waals surface area contributed by atoms with Gasteiger partial charge in [0, 0.05) is 16.1 Å². The van der Waals surface area contributed by atoms with Crippen LogP contribution in [0, 0.1) is 0 Å². The van der Waals surface area contributed by atoms with Crippen LogP contribution in [0.2, 0.25) is 0 Å². The van der Waals surface area contributed by atoms with Crippen LogP contribution >= 0.6 is 11.3 Å². The van der Waals surface area contributed by atoms with Crippen molar-refractivity contribution in [3.05, 3.63) is 23.1 Å². The molecule has 1 heterocycles. The summed E-state index contributed by atoms with van der Waals surface area (Å²) in [5, 5.41) is 3.84. The number of fused-ring (bicyclic) bond motifs is 1. The van der Waals surface area contributed by atoms with Gasteiger partial charge in [-0.3, -0.25) is 4.79 Å². The third-order valence-corrected chi connectivity index (χ3v) is 4.30. The molecule has 0 aliphatic carbocycles. The Morgan fingerprint density at radius 1 is 1.53 bits per heavy atom. The van der Waals surface area contributed by atoms with Crippen LogP contribution in [-0.4, -0.2) is 19.1 Å². The highest BCUT2D eigenvalue weighted by molar-refractivity contribution is 7.21. The number of carbonyl (C=O) groups is 1. The molecule has 1 atom stereocenters. The highest BCUT2D eigenvalue weighted by Crippen LogP contribution is 2.35. The van der Waals surface area contributed by atoms with Gasteiger partial charge in [-0.25, -0.2) is 0 Å². The standard InChI is InChI=1S/C14H18N2O2S/c1-4-8(2)16-14(17)13-12(15)10-6-5-9(18-3)7-11(10)19-13/h5-8H,4,15H2,1-3H3,(H,16,17). The zero-order chi connectivity index (χ0) is 14.0. The van der Waals surface area contributed by atoms with Gasteiger partial charge in [0.25, 0.3) is 5.91 Å². The number of nitrogen functional groups attached to an aromatic ring is 1. The van der Waals surface area contributed by atoms with Gasteiger partial charge in [-0.05, 0) is 31.5 Å². The second kappa shape index (κ2) is 5.48. The zero-order valence-electron chi connectivity index (χ0n) is 11.3. The second-order valence-corrected chi connectivity index (χ2v) is 5.54. The van der Waals surface area contributed by atoms with Gasteiger partial charge >= 0.3 is 0 Å². The van der Waals surface area contributed by atoms with Crippen LogP contribution in [0.25, 0.3) is 10.1 Å². The molecule has 0 saturated heterocycles. The van der Waals surface area contributed by atoms with Crippen molar-refractivity contribution < 1.29 is 9.53 Å². The van der Waals surface area contributed by atoms with Crippen LogP contribution < -0.4 is 15.8 Å². The molecular weight excluding hydrogens is 260 g/mol. The number of benzene rings is 1. The molecule has 4 nitrogen and oxygen atoms in total. The quantitative estimate of drug-likeness (QED) is 0.903. The van der Waals surface area contributed by atoms with Crippen LogP contribution in [0.5, 0.6) is 5.75 Å². The number of methoxy groups -OCH3 is 1. The molecule has 1 aromatic heterocycles. The van der Waals surface area contributed by atoms with E-state index in [4.69, 9.17) is 10.5 Å². The van der Waals surface area contributed by atoms with E-state index in [-0.39, 0.29) is 11.9 Å². The van der Waals surface area contributed by atoms with Gasteiger partial charge in [0.15, 0.2) is 0 Å². The number of anilines is 1. The number of carbonyl (C=O) groups excluding carboxylic acids is 1. The van der Waals surface area contributed by atoms with Crippen LogP contribution in [0.15, 0.2) is 18.2 Å². The van der Waals surface area contributed by atoms with E-state index in [1.807, 2.05) is 32.0 Å². The Morgan fingerprint density at radius 3 is 2.89 bits per heavy atom. The number of nitrogens with two attached hydrogens (primary N) is 1. The Balaban J connectivity index is 2.38. The second-order valence-electron chi connectivity index (χ2n) is 4.49. The van der Waals surface area contributed by atoms with Gasteiger partial charge in [-0.2, -0.15) is 0 Å². The number of rotatable bonds is 4. The molecule has 0 fully saturated rings. The van der Waals surface area contributed by atoms with Gasteiger partial charge in [0.2, 0.25) is 0 Å². The zero-order valence-corrected chi connectivity index (χ0v) is 12.1. The molecule has 2 aromatic rings. The first-order valence-electron chi connectivity index (χ1n) is 6.23. The lowest BCUT2D eigenvalue weighted by molar-refractivity contribution is 0.0944. The maximum absolute atomic E-state index is 12.1. The monoisotopic (exact) mass is 278 g/mol. The van der Waals surface area contributed by atoms with Crippen LogP contribution in [0.4, 0.5) is 5.69 Å². The van der Waals surface area contributed by atoms with Gasteiger partial charge in [-0.15, -0.1) is 11.3 Å². The van der Waals surface area contributed by atoms with E-state index >= 15 is 0 Å². The predicted molar refractivity (Wildman–Crippen MR) is 80.0 cm³/mol. The van der Waals surface area contributed by atoms with E-state index in [1.54, 1.807) is 7.11 Å². The van der Waals surface area contributed by atoms with Crippen molar-refractivity contribution in [2.45, 2.75) is 26.3 Å². The minimum absolute atomic E-state index is 0.105. The fourth-order valence-electron chi connectivity index (χ4n) is 1.78. The van der Waals surface area contributed by atoms with E-state index in [9.17, 15) is 4.79 Å². The summed E-state index contributed by atoms with van der Waals surface area (Å²) in [4.78, 5) is 12.7. The SMILES string of the molecule is CCC(C)NC(=O)c1sc2cc(OC)ccc2c1N. The van der Waals surface area contributed by atoms with Gasteiger partial charge in [0.1, 0.15) is 10.6 Å². The van der Waals surface area contributed by atoms with Crippen molar-refractivity contribution in [3.8, 4) is 5.75 Å². The lowest BCUT2D eigenvalue weighted by Crippen LogP contribution is -2.31. The Kier molecular flexibility index (Phi) is 3.95. The lowest BCUT2D eigenvalue weighted by atomic mass is 10.2. The molecule has 0 aliphatic rings. The van der Waals surface area contributed by atoms with E-state index in [2.05, 4.69) is 5.32 Å². The van der Waals surface area contributed by atoms with Crippen molar-refractivity contribution in [2.24, 2.45) is 0 Å². The smallest absolute Gasteiger partial charge is 0.263 e. The van der Waals surface area contributed by atoms with E-state index < -0.39 is 0 Å². The molecule has 3 N–H and O–H groups in total. The molecule has 19 heavy (non-hydrogen) atoms. The summed E-state index contributed by atoms with van der Waals surface area (Å²) in [6.45, 7) is 4.01. The van der Waals surface area contributed by atoms with Gasteiger partial charge in [-0.1, -0.05) is 6.92 Å². The molecule has 1 amide bonds. The predicted octanol–water partition coefficient (Wildman–Crippen LogP) is 3.02.